The largest absolute Gasteiger partial charge is 0.354 e. The number of aromatic nitrogens is 1. The SMILES string of the molecule is CCCC(C)(N)C(=O)NCCc1csc(N2CCCC2)n1.Cl. The Kier molecular flexibility index (Phi) is 7.59. The second-order valence-corrected chi connectivity index (χ2v) is 6.83. The van der Waals surface area contributed by atoms with E-state index in [1.165, 1.54) is 12.8 Å². The third-order valence-electron chi connectivity index (χ3n) is 3.87. The van der Waals surface area contributed by atoms with Crippen LogP contribution in [0.1, 0.15) is 45.2 Å². The van der Waals surface area contributed by atoms with Crippen LogP contribution in [0.25, 0.3) is 0 Å². The predicted molar refractivity (Wildman–Crippen MR) is 95.0 cm³/mol. The van der Waals surface area contributed by atoms with Crippen LogP contribution >= 0.6 is 23.7 Å². The molecule has 1 fully saturated rings. The Balaban J connectivity index is 0.00000242. The highest BCUT2D eigenvalue weighted by atomic mass is 35.5. The summed E-state index contributed by atoms with van der Waals surface area (Å²) in [5, 5.41) is 6.13. The van der Waals surface area contributed by atoms with Crippen molar-refractivity contribution in [3.05, 3.63) is 11.1 Å². The van der Waals surface area contributed by atoms with Crippen LogP contribution in [0, 0.1) is 0 Å². The number of carbonyl (C=O) groups excluding carboxylic acids is 1. The normalized spacial score (nSPS) is 17.0. The van der Waals surface area contributed by atoms with Gasteiger partial charge in [-0.05, 0) is 26.2 Å². The van der Waals surface area contributed by atoms with Crippen LogP contribution in [0.3, 0.4) is 0 Å². The van der Waals surface area contributed by atoms with E-state index in [1.54, 1.807) is 18.3 Å². The molecule has 0 aliphatic carbocycles. The van der Waals surface area contributed by atoms with Gasteiger partial charge in [0.1, 0.15) is 0 Å². The molecule has 0 spiro atoms. The highest BCUT2D eigenvalue weighted by Gasteiger charge is 2.26. The van der Waals surface area contributed by atoms with Crippen LogP contribution in [-0.2, 0) is 11.2 Å². The molecule has 1 aromatic heterocycles. The molecular formula is C15H27ClN4OS. The van der Waals surface area contributed by atoms with E-state index < -0.39 is 5.54 Å². The highest BCUT2D eigenvalue weighted by Crippen LogP contribution is 2.24. The van der Waals surface area contributed by atoms with E-state index in [1.807, 2.05) is 6.92 Å². The number of thiazole rings is 1. The van der Waals surface area contributed by atoms with Crippen molar-refractivity contribution in [2.45, 2.75) is 51.5 Å². The Morgan fingerprint density at radius 2 is 2.18 bits per heavy atom. The molecule has 1 atom stereocenters. The molecule has 1 amide bonds. The molecule has 1 aromatic rings. The van der Waals surface area contributed by atoms with Gasteiger partial charge in [-0.1, -0.05) is 13.3 Å². The van der Waals surface area contributed by atoms with Gasteiger partial charge >= 0.3 is 0 Å². The summed E-state index contributed by atoms with van der Waals surface area (Å²) in [6, 6.07) is 0. The predicted octanol–water partition coefficient (Wildman–Crippen LogP) is 2.34. The second kappa shape index (κ2) is 8.70. The fourth-order valence-electron chi connectivity index (χ4n) is 2.60. The Labute approximate surface area is 143 Å². The third kappa shape index (κ3) is 5.11. The molecule has 0 radical (unpaired) electrons. The zero-order valence-corrected chi connectivity index (χ0v) is 15.1. The Morgan fingerprint density at radius 3 is 2.82 bits per heavy atom. The number of hydrogen-bond donors (Lipinski definition) is 2. The lowest BCUT2D eigenvalue weighted by molar-refractivity contribution is -0.126. The van der Waals surface area contributed by atoms with E-state index in [2.05, 4.69) is 20.6 Å². The minimum atomic E-state index is -0.766. The number of nitrogens with zero attached hydrogens (tertiary/aromatic N) is 2. The van der Waals surface area contributed by atoms with Gasteiger partial charge < -0.3 is 16.0 Å². The molecule has 7 heteroatoms. The fourth-order valence-corrected chi connectivity index (χ4v) is 3.52. The summed E-state index contributed by atoms with van der Waals surface area (Å²) in [4.78, 5) is 19.0. The zero-order chi connectivity index (χ0) is 15.3. The van der Waals surface area contributed by atoms with Crippen LogP contribution < -0.4 is 16.0 Å². The topological polar surface area (TPSA) is 71.2 Å². The number of anilines is 1. The van der Waals surface area contributed by atoms with E-state index in [0.29, 0.717) is 13.0 Å². The smallest absolute Gasteiger partial charge is 0.239 e. The molecule has 126 valence electrons. The number of hydrogen-bond acceptors (Lipinski definition) is 5. The number of amides is 1. The van der Waals surface area contributed by atoms with Crippen molar-refractivity contribution < 1.29 is 4.79 Å². The molecule has 2 heterocycles. The molecule has 0 aromatic carbocycles. The first-order chi connectivity index (χ1) is 10.0. The molecule has 0 bridgehead atoms. The van der Waals surface area contributed by atoms with Crippen molar-refractivity contribution in [3.8, 4) is 0 Å². The molecule has 5 nitrogen and oxygen atoms in total. The lowest BCUT2D eigenvalue weighted by Crippen LogP contribution is -2.51. The maximum absolute atomic E-state index is 12.0. The third-order valence-corrected chi connectivity index (χ3v) is 4.82. The van der Waals surface area contributed by atoms with Gasteiger partial charge in [0.2, 0.25) is 5.91 Å². The Morgan fingerprint density at radius 1 is 1.50 bits per heavy atom. The number of rotatable bonds is 7. The minimum absolute atomic E-state index is 0. The van der Waals surface area contributed by atoms with Crippen molar-refractivity contribution in [2.24, 2.45) is 5.73 Å². The standard InChI is InChI=1S/C15H26N4OS.ClH/c1-3-7-15(2,16)13(20)17-8-6-12-11-21-14(18-12)19-9-4-5-10-19;/h11H,3-10,16H2,1-2H3,(H,17,20);1H. The van der Waals surface area contributed by atoms with Crippen LogP contribution in [0.2, 0.25) is 0 Å². The minimum Gasteiger partial charge on any atom is -0.354 e. The molecule has 0 saturated carbocycles. The van der Waals surface area contributed by atoms with E-state index in [9.17, 15) is 4.79 Å². The molecular weight excluding hydrogens is 320 g/mol. The molecule has 22 heavy (non-hydrogen) atoms. The van der Waals surface area contributed by atoms with E-state index >= 15 is 0 Å². The number of carbonyl (C=O) groups is 1. The average molecular weight is 347 g/mol. The fraction of sp³-hybridized carbons (Fsp3) is 0.733. The van der Waals surface area contributed by atoms with Gasteiger partial charge in [0.25, 0.3) is 0 Å². The quantitative estimate of drug-likeness (QED) is 0.795. The summed E-state index contributed by atoms with van der Waals surface area (Å²) in [5.41, 5.74) is 6.29. The van der Waals surface area contributed by atoms with Crippen LogP contribution in [0.4, 0.5) is 5.13 Å². The summed E-state index contributed by atoms with van der Waals surface area (Å²) in [6.07, 6.45) is 4.90. The van der Waals surface area contributed by atoms with Crippen molar-refractivity contribution >= 4 is 34.8 Å². The van der Waals surface area contributed by atoms with Gasteiger partial charge in [-0.3, -0.25) is 4.79 Å². The monoisotopic (exact) mass is 346 g/mol. The molecule has 3 N–H and O–H groups in total. The Hall–Kier alpha value is -0.850. The number of nitrogens with two attached hydrogens (primary N) is 1. The van der Waals surface area contributed by atoms with Crippen molar-refractivity contribution in [1.82, 2.24) is 10.3 Å². The van der Waals surface area contributed by atoms with Gasteiger partial charge in [-0.2, -0.15) is 0 Å². The van der Waals surface area contributed by atoms with Gasteiger partial charge in [-0.25, -0.2) is 4.98 Å². The summed E-state index contributed by atoms with van der Waals surface area (Å²) >= 11 is 1.70. The Bertz CT molecular complexity index is 472. The van der Waals surface area contributed by atoms with Gasteiger partial charge in [0.05, 0.1) is 11.2 Å². The number of nitrogens with one attached hydrogen (secondary N) is 1. The average Bonchev–Trinajstić information content (AvgIpc) is 3.09. The van der Waals surface area contributed by atoms with Gasteiger partial charge in [-0.15, -0.1) is 23.7 Å². The van der Waals surface area contributed by atoms with E-state index in [-0.39, 0.29) is 18.3 Å². The molecule has 1 saturated heterocycles. The summed E-state index contributed by atoms with van der Waals surface area (Å²) < 4.78 is 0. The van der Waals surface area contributed by atoms with E-state index in [0.717, 1.165) is 36.8 Å². The summed E-state index contributed by atoms with van der Waals surface area (Å²) in [6.45, 7) is 6.66. The maximum Gasteiger partial charge on any atom is 0.239 e. The van der Waals surface area contributed by atoms with Crippen LogP contribution in [0.15, 0.2) is 5.38 Å². The first-order valence-electron chi connectivity index (χ1n) is 7.79. The van der Waals surface area contributed by atoms with Crippen LogP contribution in [-0.4, -0.2) is 36.1 Å². The van der Waals surface area contributed by atoms with Crippen molar-refractivity contribution in [1.29, 1.82) is 0 Å². The van der Waals surface area contributed by atoms with Gasteiger partial charge in [0, 0.05) is 31.4 Å². The first kappa shape index (κ1) is 19.2. The van der Waals surface area contributed by atoms with Gasteiger partial charge in [0.15, 0.2) is 5.13 Å². The first-order valence-corrected chi connectivity index (χ1v) is 8.67. The molecule has 2 rings (SSSR count). The van der Waals surface area contributed by atoms with Crippen molar-refractivity contribution in [2.75, 3.05) is 24.5 Å². The lowest BCUT2D eigenvalue weighted by Gasteiger charge is -2.22. The highest BCUT2D eigenvalue weighted by molar-refractivity contribution is 7.13. The maximum atomic E-state index is 12.0. The zero-order valence-electron chi connectivity index (χ0n) is 13.4. The van der Waals surface area contributed by atoms with Crippen LogP contribution in [0.5, 0.6) is 0 Å². The lowest BCUT2D eigenvalue weighted by atomic mass is 9.96. The van der Waals surface area contributed by atoms with E-state index in [4.69, 9.17) is 5.73 Å². The molecule has 1 aliphatic heterocycles. The van der Waals surface area contributed by atoms with Crippen molar-refractivity contribution in [3.63, 3.8) is 0 Å². The second-order valence-electron chi connectivity index (χ2n) is 5.99. The summed E-state index contributed by atoms with van der Waals surface area (Å²) in [7, 11) is 0. The molecule has 1 unspecified atom stereocenters. The molecule has 1 aliphatic rings. The number of halogens is 1. The summed E-state index contributed by atoms with van der Waals surface area (Å²) in [5.74, 6) is -0.0701.